The molecule has 1 aliphatic rings. The van der Waals surface area contributed by atoms with Crippen LogP contribution in [0.2, 0.25) is 0 Å². The third kappa shape index (κ3) is 2.05. The summed E-state index contributed by atoms with van der Waals surface area (Å²) in [5.74, 6) is 0.647. The molecule has 0 spiro atoms. The van der Waals surface area contributed by atoms with E-state index >= 15 is 0 Å². The number of fused-ring (bicyclic) bond motifs is 2. The quantitative estimate of drug-likeness (QED) is 0.591. The summed E-state index contributed by atoms with van der Waals surface area (Å²) in [5, 5.41) is 1.19. The Hall–Kier alpha value is -2.62. The van der Waals surface area contributed by atoms with E-state index in [1.165, 1.54) is 47.9 Å². The summed E-state index contributed by atoms with van der Waals surface area (Å²) in [6.07, 6.45) is 13.2. The standard InChI is InChI=1S/C19H18N4/c1-2-4-13(3-1)17-7-6-15-16(11-21-19(15)22-17)14-5-8-18-20-9-10-23(18)12-14/h5-13H,1-4H2,(H,21,22). The van der Waals surface area contributed by atoms with Crippen LogP contribution in [-0.4, -0.2) is 19.4 Å². The van der Waals surface area contributed by atoms with E-state index in [2.05, 4.69) is 51.0 Å². The number of pyridine rings is 2. The number of H-pyrrole nitrogens is 1. The smallest absolute Gasteiger partial charge is 0.138 e. The highest BCUT2D eigenvalue weighted by atomic mass is 15.0. The van der Waals surface area contributed by atoms with Gasteiger partial charge < -0.3 is 9.38 Å². The van der Waals surface area contributed by atoms with Crippen LogP contribution in [0.1, 0.15) is 37.3 Å². The van der Waals surface area contributed by atoms with Gasteiger partial charge in [-0.3, -0.25) is 0 Å². The van der Waals surface area contributed by atoms with Gasteiger partial charge >= 0.3 is 0 Å². The molecule has 0 saturated heterocycles. The van der Waals surface area contributed by atoms with Gasteiger partial charge in [0.25, 0.3) is 0 Å². The molecule has 4 aromatic heterocycles. The maximum atomic E-state index is 4.88. The molecule has 1 N–H and O–H groups in total. The van der Waals surface area contributed by atoms with Gasteiger partial charge in [0.15, 0.2) is 0 Å². The van der Waals surface area contributed by atoms with Crippen LogP contribution in [0.4, 0.5) is 0 Å². The zero-order valence-corrected chi connectivity index (χ0v) is 12.9. The van der Waals surface area contributed by atoms with Crippen molar-refractivity contribution in [3.8, 4) is 11.1 Å². The van der Waals surface area contributed by atoms with Crippen LogP contribution < -0.4 is 0 Å². The van der Waals surface area contributed by atoms with Crippen molar-refractivity contribution < 1.29 is 0 Å². The number of rotatable bonds is 2. The van der Waals surface area contributed by atoms with Crippen LogP contribution in [0.15, 0.2) is 49.1 Å². The molecule has 1 aliphatic carbocycles. The van der Waals surface area contributed by atoms with E-state index in [0.29, 0.717) is 5.92 Å². The summed E-state index contributed by atoms with van der Waals surface area (Å²) in [6, 6.07) is 8.61. The predicted molar refractivity (Wildman–Crippen MR) is 91.5 cm³/mol. The zero-order valence-electron chi connectivity index (χ0n) is 12.9. The molecule has 0 radical (unpaired) electrons. The Labute approximate surface area is 134 Å². The summed E-state index contributed by atoms with van der Waals surface area (Å²) < 4.78 is 2.05. The monoisotopic (exact) mass is 302 g/mol. The van der Waals surface area contributed by atoms with Gasteiger partial charge in [0.05, 0.1) is 0 Å². The molecule has 4 nitrogen and oxygen atoms in total. The van der Waals surface area contributed by atoms with E-state index in [1.807, 2.05) is 12.4 Å². The van der Waals surface area contributed by atoms with E-state index in [-0.39, 0.29) is 0 Å². The Bertz CT molecular complexity index is 989. The second kappa shape index (κ2) is 4.95. The molecular weight excluding hydrogens is 284 g/mol. The van der Waals surface area contributed by atoms with Crippen molar-refractivity contribution in [2.24, 2.45) is 0 Å². The van der Waals surface area contributed by atoms with Crippen LogP contribution in [-0.2, 0) is 0 Å². The SMILES string of the molecule is c1cn2cc(-c3c[nH]c4nc(C5CCCC5)ccc34)ccc2n1. The van der Waals surface area contributed by atoms with Crippen LogP contribution in [0, 0.1) is 0 Å². The van der Waals surface area contributed by atoms with E-state index in [0.717, 1.165) is 11.3 Å². The lowest BCUT2D eigenvalue weighted by Gasteiger charge is -2.08. The highest BCUT2D eigenvalue weighted by Crippen LogP contribution is 2.35. The largest absolute Gasteiger partial charge is 0.346 e. The third-order valence-electron chi connectivity index (χ3n) is 5.03. The molecule has 23 heavy (non-hydrogen) atoms. The van der Waals surface area contributed by atoms with E-state index < -0.39 is 0 Å². The minimum atomic E-state index is 0.647. The molecular formula is C19H18N4. The molecule has 0 unspecified atom stereocenters. The number of aromatic amines is 1. The van der Waals surface area contributed by atoms with Crippen LogP contribution in [0.3, 0.4) is 0 Å². The number of hydrogen-bond acceptors (Lipinski definition) is 2. The van der Waals surface area contributed by atoms with E-state index in [9.17, 15) is 0 Å². The van der Waals surface area contributed by atoms with Crippen LogP contribution >= 0.6 is 0 Å². The fourth-order valence-electron chi connectivity index (χ4n) is 3.79. The molecule has 0 aromatic carbocycles. The second-order valence-electron chi connectivity index (χ2n) is 6.43. The molecule has 0 atom stereocenters. The molecule has 4 heteroatoms. The first-order chi connectivity index (χ1) is 11.4. The van der Waals surface area contributed by atoms with Crippen molar-refractivity contribution in [3.05, 3.63) is 54.7 Å². The molecule has 4 heterocycles. The van der Waals surface area contributed by atoms with Crippen molar-refractivity contribution >= 4 is 16.7 Å². The number of hydrogen-bond donors (Lipinski definition) is 1. The Kier molecular flexibility index (Phi) is 2.77. The Morgan fingerprint density at radius 1 is 1.09 bits per heavy atom. The van der Waals surface area contributed by atoms with Crippen molar-refractivity contribution in [2.75, 3.05) is 0 Å². The fraction of sp³-hybridized carbons (Fsp3) is 0.263. The van der Waals surface area contributed by atoms with E-state index in [4.69, 9.17) is 4.98 Å². The molecule has 4 aromatic rings. The van der Waals surface area contributed by atoms with Crippen molar-refractivity contribution in [1.29, 1.82) is 0 Å². The van der Waals surface area contributed by atoms with Gasteiger partial charge in [-0.05, 0) is 37.1 Å². The first-order valence-electron chi connectivity index (χ1n) is 8.29. The lowest BCUT2D eigenvalue weighted by atomic mass is 10.0. The molecule has 1 saturated carbocycles. The number of aromatic nitrogens is 4. The first kappa shape index (κ1) is 12.9. The minimum absolute atomic E-state index is 0.647. The van der Waals surface area contributed by atoms with Gasteiger partial charge in [-0.1, -0.05) is 12.8 Å². The van der Waals surface area contributed by atoms with Crippen molar-refractivity contribution in [2.45, 2.75) is 31.6 Å². The fourth-order valence-corrected chi connectivity index (χ4v) is 3.79. The molecule has 0 aliphatic heterocycles. The first-order valence-corrected chi connectivity index (χ1v) is 8.29. The average Bonchev–Trinajstić information content (AvgIpc) is 3.32. The van der Waals surface area contributed by atoms with Crippen LogP contribution in [0.25, 0.3) is 27.8 Å². The molecule has 0 bridgehead atoms. The van der Waals surface area contributed by atoms with E-state index in [1.54, 1.807) is 0 Å². The maximum Gasteiger partial charge on any atom is 0.138 e. The normalized spacial score (nSPS) is 15.8. The van der Waals surface area contributed by atoms with Crippen molar-refractivity contribution in [3.63, 3.8) is 0 Å². The van der Waals surface area contributed by atoms with Gasteiger partial charge in [-0.25, -0.2) is 9.97 Å². The Morgan fingerprint density at radius 2 is 2.00 bits per heavy atom. The highest BCUT2D eigenvalue weighted by Gasteiger charge is 2.19. The summed E-state index contributed by atoms with van der Waals surface area (Å²) in [5.41, 5.74) is 5.58. The lowest BCUT2D eigenvalue weighted by molar-refractivity contribution is 0.700. The maximum absolute atomic E-state index is 4.88. The van der Waals surface area contributed by atoms with Gasteiger partial charge in [-0.2, -0.15) is 0 Å². The van der Waals surface area contributed by atoms with Gasteiger partial charge in [0, 0.05) is 52.9 Å². The zero-order chi connectivity index (χ0) is 15.2. The summed E-state index contributed by atoms with van der Waals surface area (Å²) >= 11 is 0. The summed E-state index contributed by atoms with van der Waals surface area (Å²) in [6.45, 7) is 0. The second-order valence-corrected chi connectivity index (χ2v) is 6.43. The number of nitrogens with one attached hydrogen (secondary N) is 1. The molecule has 114 valence electrons. The minimum Gasteiger partial charge on any atom is -0.346 e. The molecule has 5 rings (SSSR count). The van der Waals surface area contributed by atoms with Gasteiger partial charge in [-0.15, -0.1) is 0 Å². The Balaban J connectivity index is 1.61. The Morgan fingerprint density at radius 3 is 2.91 bits per heavy atom. The molecule has 0 amide bonds. The van der Waals surface area contributed by atoms with Crippen molar-refractivity contribution in [1.82, 2.24) is 19.4 Å². The van der Waals surface area contributed by atoms with Gasteiger partial charge in [0.1, 0.15) is 11.3 Å². The summed E-state index contributed by atoms with van der Waals surface area (Å²) in [7, 11) is 0. The topological polar surface area (TPSA) is 46.0 Å². The summed E-state index contributed by atoms with van der Waals surface area (Å²) in [4.78, 5) is 12.5. The number of nitrogens with zero attached hydrogens (tertiary/aromatic N) is 3. The predicted octanol–water partition coefficient (Wildman–Crippen LogP) is 4.54. The molecule has 1 fully saturated rings. The number of imidazole rings is 1. The van der Waals surface area contributed by atoms with Gasteiger partial charge in [0.2, 0.25) is 0 Å². The lowest BCUT2D eigenvalue weighted by Crippen LogP contribution is -1.96. The highest BCUT2D eigenvalue weighted by molar-refractivity contribution is 5.93. The average molecular weight is 302 g/mol. The third-order valence-corrected chi connectivity index (χ3v) is 5.03. The van der Waals surface area contributed by atoms with Crippen LogP contribution in [0.5, 0.6) is 0 Å².